The molecule has 0 spiro atoms. The van der Waals surface area contributed by atoms with Crippen LogP contribution in [0.25, 0.3) is 0 Å². The second kappa shape index (κ2) is 10.5. The Morgan fingerprint density at radius 2 is 1.20 bits per heavy atom. The van der Waals surface area contributed by atoms with Crippen LogP contribution in [0.1, 0.15) is 71.6 Å². The summed E-state index contributed by atoms with van der Waals surface area (Å²) in [5.74, 6) is 1.80. The number of unbranched alkanes of at least 4 members (excludes halogenated alkanes) is 2. The Labute approximate surface area is 97.8 Å². The highest BCUT2D eigenvalue weighted by atomic mass is 14.1. The topological polar surface area (TPSA) is 0 Å². The van der Waals surface area contributed by atoms with Crippen molar-refractivity contribution < 1.29 is 0 Å². The molecule has 2 atom stereocenters. The van der Waals surface area contributed by atoms with Gasteiger partial charge in [-0.1, -0.05) is 85.5 Å². The van der Waals surface area contributed by atoms with Crippen LogP contribution in [0, 0.1) is 25.7 Å². The monoisotopic (exact) mass is 210 g/mol. The molecule has 0 fully saturated rings. The molecule has 0 amide bonds. The Kier molecular flexibility index (Phi) is 10.5. The van der Waals surface area contributed by atoms with Gasteiger partial charge in [0.25, 0.3) is 0 Å². The van der Waals surface area contributed by atoms with Crippen molar-refractivity contribution in [2.24, 2.45) is 11.8 Å². The van der Waals surface area contributed by atoms with Gasteiger partial charge in [-0.25, -0.2) is 0 Å². The molecular formula is C15H30. The van der Waals surface area contributed by atoms with Gasteiger partial charge in [-0.3, -0.25) is 0 Å². The first kappa shape index (κ1) is 15.0. The molecule has 2 radical (unpaired) electrons. The molecule has 0 saturated carbocycles. The molecule has 0 aliphatic heterocycles. The molecule has 0 aliphatic carbocycles. The third-order valence-corrected chi connectivity index (χ3v) is 3.29. The van der Waals surface area contributed by atoms with E-state index in [0.29, 0.717) is 0 Å². The molecule has 90 valence electrons. The summed E-state index contributed by atoms with van der Waals surface area (Å²) in [6, 6.07) is 0. The fraction of sp³-hybridized carbons (Fsp3) is 0.867. The highest BCUT2D eigenvalue weighted by Crippen LogP contribution is 2.19. The van der Waals surface area contributed by atoms with Gasteiger partial charge in [0, 0.05) is 0 Å². The first-order chi connectivity index (χ1) is 7.20. The third kappa shape index (κ3) is 10.3. The lowest BCUT2D eigenvalue weighted by atomic mass is 9.93. The minimum absolute atomic E-state index is 0.884. The zero-order valence-corrected chi connectivity index (χ0v) is 10.9. The number of hydrogen-bond donors (Lipinski definition) is 0. The molecular weight excluding hydrogens is 180 g/mol. The summed E-state index contributed by atoms with van der Waals surface area (Å²) in [6.07, 6.45) is 11.8. The highest BCUT2D eigenvalue weighted by Gasteiger charge is 2.04. The van der Waals surface area contributed by atoms with E-state index < -0.39 is 0 Å². The molecule has 2 unspecified atom stereocenters. The van der Waals surface area contributed by atoms with Crippen molar-refractivity contribution in [1.82, 2.24) is 0 Å². The normalized spacial score (nSPS) is 15.2. The van der Waals surface area contributed by atoms with Crippen LogP contribution >= 0.6 is 0 Å². The van der Waals surface area contributed by atoms with E-state index in [1.807, 2.05) is 0 Å². The lowest BCUT2D eigenvalue weighted by molar-refractivity contribution is 0.404. The summed E-state index contributed by atoms with van der Waals surface area (Å²) in [5, 5.41) is 0. The summed E-state index contributed by atoms with van der Waals surface area (Å²) in [5.41, 5.74) is 0. The van der Waals surface area contributed by atoms with Gasteiger partial charge < -0.3 is 0 Å². The molecule has 0 saturated heterocycles. The Morgan fingerprint density at radius 1 is 0.667 bits per heavy atom. The van der Waals surface area contributed by atoms with E-state index >= 15 is 0 Å². The van der Waals surface area contributed by atoms with E-state index in [1.165, 1.54) is 44.9 Å². The molecule has 0 aliphatic rings. The average molecular weight is 210 g/mol. The standard InChI is InChI=1S/C15H30/c1-5-7-8-11-15(4)13-9-12-14(3)10-6-2/h14-15H,1-2,5-13H2,3-4H3. The SMILES string of the molecule is [CH2]CCCCC(C)CCCC(C)CC[CH2]. The van der Waals surface area contributed by atoms with Crippen molar-refractivity contribution in [2.45, 2.75) is 71.6 Å². The minimum atomic E-state index is 0.884. The number of hydrogen-bond acceptors (Lipinski definition) is 0. The molecule has 0 heterocycles. The summed E-state index contributed by atoms with van der Waals surface area (Å²) >= 11 is 0. The lowest BCUT2D eigenvalue weighted by Crippen LogP contribution is -1.98. The third-order valence-electron chi connectivity index (χ3n) is 3.29. The van der Waals surface area contributed by atoms with Crippen LogP contribution in [-0.2, 0) is 0 Å². The quantitative estimate of drug-likeness (QED) is 0.421. The largest absolute Gasteiger partial charge is 0.0625 e. The summed E-state index contributed by atoms with van der Waals surface area (Å²) in [6.45, 7) is 12.6. The van der Waals surface area contributed by atoms with E-state index in [9.17, 15) is 0 Å². The van der Waals surface area contributed by atoms with E-state index in [1.54, 1.807) is 0 Å². The maximum atomic E-state index is 3.91. The van der Waals surface area contributed by atoms with Gasteiger partial charge in [0.2, 0.25) is 0 Å². The Morgan fingerprint density at radius 3 is 1.73 bits per heavy atom. The predicted octanol–water partition coefficient (Wildman–Crippen LogP) is 5.44. The Balaban J connectivity index is 3.26. The van der Waals surface area contributed by atoms with Crippen molar-refractivity contribution in [3.05, 3.63) is 13.8 Å². The fourth-order valence-electron chi connectivity index (χ4n) is 2.12. The number of rotatable bonds is 10. The van der Waals surface area contributed by atoms with Gasteiger partial charge in [-0.15, -0.1) is 0 Å². The van der Waals surface area contributed by atoms with Crippen LogP contribution in [0.5, 0.6) is 0 Å². The van der Waals surface area contributed by atoms with E-state index in [0.717, 1.165) is 24.7 Å². The van der Waals surface area contributed by atoms with Crippen LogP contribution < -0.4 is 0 Å². The van der Waals surface area contributed by atoms with E-state index in [2.05, 4.69) is 27.7 Å². The smallest absolute Gasteiger partial charge is 0.0443 e. The summed E-state index contributed by atoms with van der Waals surface area (Å²) in [4.78, 5) is 0. The van der Waals surface area contributed by atoms with Crippen LogP contribution in [0.3, 0.4) is 0 Å². The maximum absolute atomic E-state index is 3.91. The molecule has 0 aromatic heterocycles. The van der Waals surface area contributed by atoms with Gasteiger partial charge in [0.15, 0.2) is 0 Å². The zero-order valence-electron chi connectivity index (χ0n) is 10.9. The maximum Gasteiger partial charge on any atom is -0.0443 e. The van der Waals surface area contributed by atoms with Crippen LogP contribution in [0.4, 0.5) is 0 Å². The second-order valence-electron chi connectivity index (χ2n) is 5.13. The van der Waals surface area contributed by atoms with Gasteiger partial charge in [-0.2, -0.15) is 0 Å². The van der Waals surface area contributed by atoms with E-state index in [-0.39, 0.29) is 0 Å². The predicted molar refractivity (Wildman–Crippen MR) is 70.6 cm³/mol. The Hall–Kier alpha value is 0. The Bertz CT molecular complexity index is 117. The molecule has 0 aromatic rings. The van der Waals surface area contributed by atoms with Crippen molar-refractivity contribution in [3.63, 3.8) is 0 Å². The highest BCUT2D eigenvalue weighted by molar-refractivity contribution is 4.59. The van der Waals surface area contributed by atoms with Crippen LogP contribution in [-0.4, -0.2) is 0 Å². The molecule has 0 bridgehead atoms. The van der Waals surface area contributed by atoms with E-state index in [4.69, 9.17) is 0 Å². The van der Waals surface area contributed by atoms with Crippen LogP contribution in [0.2, 0.25) is 0 Å². The van der Waals surface area contributed by atoms with Crippen molar-refractivity contribution in [2.75, 3.05) is 0 Å². The summed E-state index contributed by atoms with van der Waals surface area (Å²) < 4.78 is 0. The fourth-order valence-corrected chi connectivity index (χ4v) is 2.12. The average Bonchev–Trinajstić information content (AvgIpc) is 2.18. The van der Waals surface area contributed by atoms with Gasteiger partial charge in [-0.05, 0) is 11.8 Å². The molecule has 0 rings (SSSR count). The van der Waals surface area contributed by atoms with Gasteiger partial charge >= 0.3 is 0 Å². The molecule has 0 heteroatoms. The lowest BCUT2D eigenvalue weighted by Gasteiger charge is -2.13. The van der Waals surface area contributed by atoms with Gasteiger partial charge in [0.1, 0.15) is 0 Å². The molecule has 0 N–H and O–H groups in total. The van der Waals surface area contributed by atoms with Crippen LogP contribution in [0.15, 0.2) is 0 Å². The zero-order chi connectivity index (χ0) is 11.5. The van der Waals surface area contributed by atoms with Crippen molar-refractivity contribution >= 4 is 0 Å². The van der Waals surface area contributed by atoms with Gasteiger partial charge in [0.05, 0.1) is 0 Å². The minimum Gasteiger partial charge on any atom is -0.0625 e. The summed E-state index contributed by atoms with van der Waals surface area (Å²) in [7, 11) is 0. The first-order valence-electron chi connectivity index (χ1n) is 6.79. The molecule has 0 nitrogen and oxygen atoms in total. The molecule has 15 heavy (non-hydrogen) atoms. The van der Waals surface area contributed by atoms with Crippen molar-refractivity contribution in [3.8, 4) is 0 Å². The molecule has 0 aromatic carbocycles. The van der Waals surface area contributed by atoms with Crippen molar-refractivity contribution in [1.29, 1.82) is 0 Å². The first-order valence-corrected chi connectivity index (χ1v) is 6.79. The second-order valence-corrected chi connectivity index (χ2v) is 5.13.